The molecule has 0 unspecified atom stereocenters. The van der Waals surface area contributed by atoms with Gasteiger partial charge in [0.25, 0.3) is 5.56 Å². The van der Waals surface area contributed by atoms with Gasteiger partial charge < -0.3 is 4.74 Å². The summed E-state index contributed by atoms with van der Waals surface area (Å²) in [5.41, 5.74) is 2.82. The lowest BCUT2D eigenvalue weighted by molar-refractivity contribution is 0.0593. The van der Waals surface area contributed by atoms with E-state index >= 15 is 0 Å². The number of esters is 1. The highest BCUT2D eigenvalue weighted by molar-refractivity contribution is 9.10. The molecule has 2 aromatic heterocycles. The molecule has 140 valence electrons. The maximum Gasteiger partial charge on any atom is 0.356 e. The third-order valence-corrected chi connectivity index (χ3v) is 5.71. The summed E-state index contributed by atoms with van der Waals surface area (Å²) in [7, 11) is 1.31. The van der Waals surface area contributed by atoms with Crippen LogP contribution in [0.1, 0.15) is 54.1 Å². The van der Waals surface area contributed by atoms with Crippen LogP contribution < -0.4 is 5.56 Å². The zero-order valence-electron chi connectivity index (χ0n) is 15.0. The average molecular weight is 430 g/mol. The van der Waals surface area contributed by atoms with Crippen molar-refractivity contribution in [1.29, 1.82) is 0 Å². The Hall–Kier alpha value is -2.41. The Morgan fingerprint density at radius 2 is 1.93 bits per heavy atom. The fourth-order valence-corrected chi connectivity index (χ4v) is 4.10. The predicted octanol–water partition coefficient (Wildman–Crippen LogP) is 4.29. The van der Waals surface area contributed by atoms with Gasteiger partial charge in [-0.05, 0) is 30.9 Å². The zero-order chi connectivity index (χ0) is 19.0. The van der Waals surface area contributed by atoms with Crippen molar-refractivity contribution < 1.29 is 9.53 Å². The maximum atomic E-state index is 13.3. The van der Waals surface area contributed by atoms with Crippen molar-refractivity contribution in [2.45, 2.75) is 38.0 Å². The number of hydrogen-bond acceptors (Lipinski definition) is 4. The smallest absolute Gasteiger partial charge is 0.356 e. The van der Waals surface area contributed by atoms with Crippen LogP contribution >= 0.6 is 15.9 Å². The van der Waals surface area contributed by atoms with Crippen LogP contribution in [0.4, 0.5) is 0 Å². The van der Waals surface area contributed by atoms with Gasteiger partial charge in [-0.1, -0.05) is 47.3 Å². The second kappa shape index (κ2) is 7.31. The van der Waals surface area contributed by atoms with Gasteiger partial charge in [0, 0.05) is 21.7 Å². The van der Waals surface area contributed by atoms with Crippen molar-refractivity contribution >= 4 is 27.5 Å². The van der Waals surface area contributed by atoms with E-state index in [2.05, 4.69) is 21.0 Å². The molecule has 0 bridgehead atoms. The minimum atomic E-state index is -0.524. The minimum absolute atomic E-state index is 0.139. The largest absolute Gasteiger partial charge is 0.464 e. The number of carbonyl (C=O) groups is 1. The lowest BCUT2D eigenvalue weighted by Crippen LogP contribution is -2.25. The van der Waals surface area contributed by atoms with Gasteiger partial charge in [0.05, 0.1) is 12.8 Å². The molecule has 27 heavy (non-hydrogen) atoms. The van der Waals surface area contributed by atoms with Crippen LogP contribution in [0.25, 0.3) is 16.9 Å². The van der Waals surface area contributed by atoms with Crippen LogP contribution in [0, 0.1) is 0 Å². The summed E-state index contributed by atoms with van der Waals surface area (Å²) < 4.78 is 7.09. The molecular weight excluding hydrogens is 410 g/mol. The van der Waals surface area contributed by atoms with Gasteiger partial charge in [0.15, 0.2) is 5.65 Å². The molecule has 1 aliphatic rings. The standard InChI is InChI=1S/C20H20BrN3O3/c1-27-20(26)15-11-16-22-18(13-7-9-14(21)10-8-13)17(19(25)24(16)23-15)12-5-3-2-4-6-12/h7-12,23H,2-6H2,1H3. The Kier molecular flexibility index (Phi) is 4.86. The Balaban J connectivity index is 1.96. The fraction of sp³-hybridized carbons (Fsp3) is 0.350. The first-order valence-corrected chi connectivity index (χ1v) is 9.87. The van der Waals surface area contributed by atoms with Crippen molar-refractivity contribution in [2.24, 2.45) is 0 Å². The van der Waals surface area contributed by atoms with E-state index in [4.69, 9.17) is 9.72 Å². The predicted molar refractivity (Wildman–Crippen MR) is 106 cm³/mol. The van der Waals surface area contributed by atoms with Gasteiger partial charge in [0.1, 0.15) is 5.69 Å². The Morgan fingerprint density at radius 3 is 2.59 bits per heavy atom. The van der Waals surface area contributed by atoms with E-state index in [1.807, 2.05) is 24.3 Å². The third-order valence-electron chi connectivity index (χ3n) is 5.19. The molecule has 0 radical (unpaired) electrons. The van der Waals surface area contributed by atoms with E-state index in [-0.39, 0.29) is 17.2 Å². The molecule has 1 aromatic carbocycles. The molecule has 0 aliphatic heterocycles. The van der Waals surface area contributed by atoms with Crippen LogP contribution in [0.15, 0.2) is 39.6 Å². The number of fused-ring (bicyclic) bond motifs is 1. The molecule has 7 heteroatoms. The van der Waals surface area contributed by atoms with Crippen molar-refractivity contribution in [2.75, 3.05) is 7.11 Å². The molecule has 2 heterocycles. The van der Waals surface area contributed by atoms with Crippen molar-refractivity contribution in [3.8, 4) is 11.3 Å². The number of aromatic nitrogens is 3. The first-order chi connectivity index (χ1) is 13.1. The van der Waals surface area contributed by atoms with Crippen LogP contribution in [-0.4, -0.2) is 27.7 Å². The van der Waals surface area contributed by atoms with E-state index in [1.54, 1.807) is 6.07 Å². The number of aromatic amines is 1. The van der Waals surface area contributed by atoms with E-state index in [0.717, 1.165) is 41.3 Å². The summed E-state index contributed by atoms with van der Waals surface area (Å²) in [4.78, 5) is 30.0. The molecule has 0 saturated heterocycles. The lowest BCUT2D eigenvalue weighted by Gasteiger charge is -2.23. The quantitative estimate of drug-likeness (QED) is 0.630. The second-order valence-electron chi connectivity index (χ2n) is 6.88. The van der Waals surface area contributed by atoms with Crippen LogP contribution in [0.3, 0.4) is 0 Å². The number of nitrogens with one attached hydrogen (secondary N) is 1. The number of halogens is 1. The number of H-pyrrole nitrogens is 1. The molecule has 1 fully saturated rings. The first kappa shape index (κ1) is 18.0. The SMILES string of the molecule is COC(=O)c1cc2nc(-c3ccc(Br)cc3)c(C3CCCCC3)c(=O)n2[nH]1. The molecule has 0 amide bonds. The van der Waals surface area contributed by atoms with Crippen molar-refractivity contribution in [1.82, 2.24) is 14.6 Å². The lowest BCUT2D eigenvalue weighted by atomic mass is 9.83. The van der Waals surface area contributed by atoms with Crippen LogP contribution in [-0.2, 0) is 4.74 Å². The normalized spacial score (nSPS) is 15.2. The number of carbonyl (C=O) groups excluding carboxylic acids is 1. The van der Waals surface area contributed by atoms with Crippen LogP contribution in [0.2, 0.25) is 0 Å². The summed E-state index contributed by atoms with van der Waals surface area (Å²) in [6, 6.07) is 9.37. The highest BCUT2D eigenvalue weighted by Crippen LogP contribution is 2.36. The molecule has 4 rings (SSSR count). The minimum Gasteiger partial charge on any atom is -0.464 e. The summed E-state index contributed by atoms with van der Waals surface area (Å²) in [5, 5.41) is 2.84. The topological polar surface area (TPSA) is 76.5 Å². The van der Waals surface area contributed by atoms with Gasteiger partial charge in [-0.25, -0.2) is 14.3 Å². The van der Waals surface area contributed by atoms with E-state index in [9.17, 15) is 9.59 Å². The Morgan fingerprint density at radius 1 is 1.22 bits per heavy atom. The highest BCUT2D eigenvalue weighted by Gasteiger charge is 2.26. The molecule has 0 spiro atoms. The summed E-state index contributed by atoms with van der Waals surface area (Å²) in [5.74, 6) is -0.344. The Labute approximate surface area is 164 Å². The van der Waals surface area contributed by atoms with E-state index < -0.39 is 5.97 Å². The van der Waals surface area contributed by atoms with E-state index in [1.165, 1.54) is 18.0 Å². The maximum absolute atomic E-state index is 13.3. The van der Waals surface area contributed by atoms with Gasteiger partial charge in [0.2, 0.25) is 0 Å². The second-order valence-corrected chi connectivity index (χ2v) is 7.79. The third kappa shape index (κ3) is 3.32. The van der Waals surface area contributed by atoms with Gasteiger partial charge in [-0.15, -0.1) is 0 Å². The zero-order valence-corrected chi connectivity index (χ0v) is 16.6. The van der Waals surface area contributed by atoms with Gasteiger partial charge >= 0.3 is 5.97 Å². The molecule has 3 aromatic rings. The summed E-state index contributed by atoms with van der Waals surface area (Å²) in [6.45, 7) is 0. The molecule has 1 aliphatic carbocycles. The highest BCUT2D eigenvalue weighted by atomic mass is 79.9. The fourth-order valence-electron chi connectivity index (χ4n) is 3.84. The molecule has 1 N–H and O–H groups in total. The number of methoxy groups -OCH3 is 1. The van der Waals surface area contributed by atoms with Crippen molar-refractivity contribution in [3.05, 3.63) is 56.4 Å². The first-order valence-electron chi connectivity index (χ1n) is 9.08. The number of nitrogens with zero attached hydrogens (tertiary/aromatic N) is 2. The summed E-state index contributed by atoms with van der Waals surface area (Å²) in [6.07, 6.45) is 5.40. The monoisotopic (exact) mass is 429 g/mol. The van der Waals surface area contributed by atoms with E-state index in [0.29, 0.717) is 11.3 Å². The van der Waals surface area contributed by atoms with Gasteiger partial charge in [-0.3, -0.25) is 9.89 Å². The molecule has 1 saturated carbocycles. The molecular formula is C20H20BrN3O3. The average Bonchev–Trinajstić information content (AvgIpc) is 3.13. The Bertz CT molecular complexity index is 1050. The number of hydrogen-bond donors (Lipinski definition) is 1. The molecule has 0 atom stereocenters. The van der Waals surface area contributed by atoms with Crippen molar-refractivity contribution in [3.63, 3.8) is 0 Å². The molecule has 6 nitrogen and oxygen atoms in total. The summed E-state index contributed by atoms with van der Waals surface area (Å²) >= 11 is 3.45. The number of benzene rings is 1. The number of rotatable bonds is 3. The van der Waals surface area contributed by atoms with Gasteiger partial charge in [-0.2, -0.15) is 0 Å². The van der Waals surface area contributed by atoms with Crippen LogP contribution in [0.5, 0.6) is 0 Å². The number of ether oxygens (including phenoxy) is 1.